The van der Waals surface area contributed by atoms with Crippen LogP contribution in [0.15, 0.2) is 36.7 Å². The van der Waals surface area contributed by atoms with E-state index < -0.39 is 0 Å². The Balaban J connectivity index is 1.49. The highest BCUT2D eigenvalue weighted by molar-refractivity contribution is 7.99. The van der Waals surface area contributed by atoms with Gasteiger partial charge in [-0.3, -0.25) is 9.59 Å². The number of carbonyl (C=O) groups is 2. The summed E-state index contributed by atoms with van der Waals surface area (Å²) in [6, 6.07) is 7.20. The quantitative estimate of drug-likeness (QED) is 0.660. The monoisotopic (exact) mass is 400 g/mol. The molecule has 1 fully saturated rings. The molecule has 2 heterocycles. The average molecular weight is 401 g/mol. The number of Topliss-reactive ketones (excluding diaryl/α,β-unsaturated/α-hetero) is 1. The minimum atomic E-state index is 0.0187. The molecular formula is C20H24N4O3S. The molecule has 0 unspecified atom stereocenters. The van der Waals surface area contributed by atoms with Crippen molar-refractivity contribution in [2.24, 2.45) is 0 Å². The molecule has 0 spiro atoms. The maximum absolute atomic E-state index is 12.5. The fourth-order valence-corrected chi connectivity index (χ4v) is 3.97. The number of thioether (sulfide) groups is 1. The van der Waals surface area contributed by atoms with Crippen LogP contribution in [0, 0.1) is 0 Å². The zero-order valence-electron chi connectivity index (χ0n) is 16.1. The van der Waals surface area contributed by atoms with Gasteiger partial charge in [0.2, 0.25) is 11.9 Å². The molecule has 0 N–H and O–H groups in total. The van der Waals surface area contributed by atoms with Crippen molar-refractivity contribution in [3.8, 4) is 5.75 Å². The number of hydrogen-bond acceptors (Lipinski definition) is 7. The summed E-state index contributed by atoms with van der Waals surface area (Å²) in [5.41, 5.74) is 1.58. The molecule has 1 aliphatic heterocycles. The third-order valence-corrected chi connectivity index (χ3v) is 5.60. The second-order valence-corrected chi connectivity index (χ2v) is 7.48. The van der Waals surface area contributed by atoms with Gasteiger partial charge in [0, 0.05) is 55.5 Å². The van der Waals surface area contributed by atoms with Crippen LogP contribution in [-0.2, 0) is 10.5 Å². The molecule has 7 nitrogen and oxygen atoms in total. The zero-order chi connectivity index (χ0) is 19.9. The molecule has 1 amide bonds. The van der Waals surface area contributed by atoms with Crippen LogP contribution in [0.2, 0.25) is 0 Å². The van der Waals surface area contributed by atoms with E-state index in [-0.39, 0.29) is 11.7 Å². The third-order valence-electron chi connectivity index (χ3n) is 4.64. The van der Waals surface area contributed by atoms with Gasteiger partial charge >= 0.3 is 0 Å². The second kappa shape index (κ2) is 9.54. The van der Waals surface area contributed by atoms with Crippen LogP contribution in [0.1, 0.15) is 22.8 Å². The summed E-state index contributed by atoms with van der Waals surface area (Å²) < 4.78 is 5.37. The highest BCUT2D eigenvalue weighted by atomic mass is 32.2. The first-order valence-electron chi connectivity index (χ1n) is 9.14. The fourth-order valence-electron chi connectivity index (χ4n) is 3.06. The number of anilines is 1. The molecule has 1 aliphatic rings. The lowest BCUT2D eigenvalue weighted by molar-refractivity contribution is -0.128. The van der Waals surface area contributed by atoms with Crippen LogP contribution in [-0.4, -0.2) is 65.6 Å². The predicted molar refractivity (Wildman–Crippen MR) is 110 cm³/mol. The Morgan fingerprint density at radius 2 is 1.86 bits per heavy atom. The maximum Gasteiger partial charge on any atom is 0.232 e. The maximum atomic E-state index is 12.5. The van der Waals surface area contributed by atoms with Crippen molar-refractivity contribution in [1.29, 1.82) is 0 Å². The standard InChI is InChI=1S/C20H24N4O3S/c1-15(25)16-4-5-18(27-2)17(12-16)13-28-14-19(26)23-8-10-24(11-9-23)20-21-6-3-7-22-20/h3-7,12H,8-11,13-14H2,1-2H3. The van der Waals surface area contributed by atoms with Crippen molar-refractivity contribution >= 4 is 29.4 Å². The molecule has 0 saturated carbocycles. The molecule has 0 aliphatic carbocycles. The van der Waals surface area contributed by atoms with E-state index in [1.54, 1.807) is 44.6 Å². The van der Waals surface area contributed by atoms with Gasteiger partial charge in [0.25, 0.3) is 0 Å². The largest absolute Gasteiger partial charge is 0.496 e. The Bertz CT molecular complexity index is 823. The molecule has 0 bridgehead atoms. The van der Waals surface area contributed by atoms with E-state index in [9.17, 15) is 9.59 Å². The van der Waals surface area contributed by atoms with Crippen molar-refractivity contribution < 1.29 is 14.3 Å². The molecule has 1 aromatic carbocycles. The summed E-state index contributed by atoms with van der Waals surface area (Å²) in [4.78, 5) is 36.6. The molecule has 28 heavy (non-hydrogen) atoms. The van der Waals surface area contributed by atoms with Gasteiger partial charge in [-0.2, -0.15) is 0 Å². The van der Waals surface area contributed by atoms with Crippen molar-refractivity contribution in [1.82, 2.24) is 14.9 Å². The van der Waals surface area contributed by atoms with Crippen LogP contribution in [0.3, 0.4) is 0 Å². The summed E-state index contributed by atoms with van der Waals surface area (Å²) in [5, 5.41) is 0. The minimum absolute atomic E-state index is 0.0187. The van der Waals surface area contributed by atoms with E-state index in [0.29, 0.717) is 36.1 Å². The van der Waals surface area contributed by atoms with Gasteiger partial charge in [0.05, 0.1) is 12.9 Å². The number of benzene rings is 1. The van der Waals surface area contributed by atoms with Crippen LogP contribution < -0.4 is 9.64 Å². The Kier molecular flexibility index (Phi) is 6.86. The van der Waals surface area contributed by atoms with Gasteiger partial charge < -0.3 is 14.5 Å². The van der Waals surface area contributed by atoms with Gasteiger partial charge in [-0.05, 0) is 31.2 Å². The summed E-state index contributed by atoms with van der Waals surface area (Å²) >= 11 is 1.53. The Morgan fingerprint density at radius 1 is 1.14 bits per heavy atom. The lowest BCUT2D eigenvalue weighted by Crippen LogP contribution is -2.49. The first kappa shape index (κ1) is 20.1. The van der Waals surface area contributed by atoms with Crippen molar-refractivity contribution in [2.75, 3.05) is 43.9 Å². The number of nitrogens with zero attached hydrogens (tertiary/aromatic N) is 4. The zero-order valence-corrected chi connectivity index (χ0v) is 16.9. The van der Waals surface area contributed by atoms with E-state index in [2.05, 4.69) is 14.9 Å². The van der Waals surface area contributed by atoms with Gasteiger partial charge in [-0.15, -0.1) is 11.8 Å². The molecule has 0 atom stereocenters. The smallest absolute Gasteiger partial charge is 0.232 e. The number of ketones is 1. The summed E-state index contributed by atoms with van der Waals surface area (Å²) in [6.07, 6.45) is 3.46. The van der Waals surface area contributed by atoms with E-state index in [1.165, 1.54) is 11.8 Å². The van der Waals surface area contributed by atoms with Crippen LogP contribution in [0.25, 0.3) is 0 Å². The second-order valence-electron chi connectivity index (χ2n) is 6.49. The van der Waals surface area contributed by atoms with Gasteiger partial charge in [0.15, 0.2) is 5.78 Å². The number of carbonyl (C=O) groups excluding carboxylic acids is 2. The lowest BCUT2D eigenvalue weighted by Gasteiger charge is -2.34. The highest BCUT2D eigenvalue weighted by Gasteiger charge is 2.22. The van der Waals surface area contributed by atoms with Crippen molar-refractivity contribution in [3.63, 3.8) is 0 Å². The molecular weight excluding hydrogens is 376 g/mol. The number of rotatable bonds is 7. The van der Waals surface area contributed by atoms with E-state index in [0.717, 1.165) is 24.4 Å². The molecule has 8 heteroatoms. The molecule has 1 saturated heterocycles. The average Bonchev–Trinajstić information content (AvgIpc) is 2.74. The van der Waals surface area contributed by atoms with E-state index in [1.807, 2.05) is 11.0 Å². The lowest BCUT2D eigenvalue weighted by atomic mass is 10.1. The first-order valence-corrected chi connectivity index (χ1v) is 10.3. The predicted octanol–water partition coefficient (Wildman–Crippen LogP) is 2.27. The molecule has 0 radical (unpaired) electrons. The molecule has 2 aromatic rings. The first-order chi connectivity index (χ1) is 13.6. The number of amides is 1. The van der Waals surface area contributed by atoms with Crippen LogP contribution >= 0.6 is 11.8 Å². The minimum Gasteiger partial charge on any atom is -0.496 e. The Hall–Kier alpha value is -2.61. The number of hydrogen-bond donors (Lipinski definition) is 0. The Morgan fingerprint density at radius 3 is 2.50 bits per heavy atom. The van der Waals surface area contributed by atoms with Gasteiger partial charge in [0.1, 0.15) is 5.75 Å². The summed E-state index contributed by atoms with van der Waals surface area (Å²) in [7, 11) is 1.61. The van der Waals surface area contributed by atoms with Crippen LogP contribution in [0.4, 0.5) is 5.95 Å². The Labute approximate surface area is 169 Å². The van der Waals surface area contributed by atoms with Gasteiger partial charge in [-0.25, -0.2) is 9.97 Å². The van der Waals surface area contributed by atoms with Crippen molar-refractivity contribution in [2.45, 2.75) is 12.7 Å². The molecule has 3 rings (SSSR count). The molecule has 148 valence electrons. The topological polar surface area (TPSA) is 75.6 Å². The fraction of sp³-hybridized carbons (Fsp3) is 0.400. The van der Waals surface area contributed by atoms with E-state index >= 15 is 0 Å². The van der Waals surface area contributed by atoms with E-state index in [4.69, 9.17) is 4.74 Å². The highest BCUT2D eigenvalue weighted by Crippen LogP contribution is 2.25. The SMILES string of the molecule is COc1ccc(C(C)=O)cc1CSCC(=O)N1CCN(c2ncccn2)CC1. The number of ether oxygens (including phenoxy) is 1. The normalized spacial score (nSPS) is 14.1. The number of aromatic nitrogens is 2. The number of methoxy groups -OCH3 is 1. The van der Waals surface area contributed by atoms with Crippen molar-refractivity contribution in [3.05, 3.63) is 47.8 Å². The number of piperazine rings is 1. The molecule has 1 aromatic heterocycles. The van der Waals surface area contributed by atoms with Gasteiger partial charge in [-0.1, -0.05) is 0 Å². The third kappa shape index (κ3) is 5.01. The van der Waals surface area contributed by atoms with Crippen LogP contribution in [0.5, 0.6) is 5.75 Å². The summed E-state index contributed by atoms with van der Waals surface area (Å²) in [5.74, 6) is 2.61. The summed E-state index contributed by atoms with van der Waals surface area (Å²) in [6.45, 7) is 4.34.